The molecule has 0 atom stereocenters. The molecule has 0 aliphatic carbocycles. The lowest BCUT2D eigenvalue weighted by Gasteiger charge is -2.33. The number of hydrogen-bond donors (Lipinski definition) is 1. The van der Waals surface area contributed by atoms with Crippen molar-refractivity contribution in [2.75, 3.05) is 36.4 Å². The minimum absolute atomic E-state index is 0.190. The summed E-state index contributed by atoms with van der Waals surface area (Å²) >= 11 is 0. The summed E-state index contributed by atoms with van der Waals surface area (Å²) in [5.74, 6) is -0.234. The van der Waals surface area contributed by atoms with Crippen molar-refractivity contribution in [1.29, 1.82) is 0 Å². The van der Waals surface area contributed by atoms with Gasteiger partial charge in [0.15, 0.2) is 0 Å². The molecule has 0 radical (unpaired) electrons. The van der Waals surface area contributed by atoms with Gasteiger partial charge >= 0.3 is 0 Å². The van der Waals surface area contributed by atoms with Crippen LogP contribution in [0.1, 0.15) is 18.4 Å². The fourth-order valence-corrected chi connectivity index (χ4v) is 7.42. The zero-order valence-electron chi connectivity index (χ0n) is 18.9. The second-order valence-electron chi connectivity index (χ2n) is 9.34. The van der Waals surface area contributed by atoms with Crippen LogP contribution in [0.15, 0.2) is 76.5 Å². The summed E-state index contributed by atoms with van der Waals surface area (Å²) in [7, 11) is -3.75. The molecule has 1 amide bonds. The molecular weight excluding hydrogens is 446 g/mol. The summed E-state index contributed by atoms with van der Waals surface area (Å²) in [6.45, 7) is 4.15. The lowest BCUT2D eigenvalue weighted by atomic mass is 10.0. The van der Waals surface area contributed by atoms with Crippen molar-refractivity contribution in [2.45, 2.75) is 35.1 Å². The van der Waals surface area contributed by atoms with E-state index in [-0.39, 0.29) is 17.2 Å². The Morgan fingerprint density at radius 3 is 2.47 bits per heavy atom. The molecule has 0 saturated carbocycles. The van der Waals surface area contributed by atoms with Gasteiger partial charge in [-0.05, 0) is 36.6 Å². The Morgan fingerprint density at radius 2 is 1.68 bits per heavy atom. The van der Waals surface area contributed by atoms with E-state index in [0.29, 0.717) is 27.8 Å². The molecule has 4 heterocycles. The molecule has 3 aromatic carbocycles. The van der Waals surface area contributed by atoms with E-state index in [1.165, 1.54) is 0 Å². The van der Waals surface area contributed by atoms with Crippen molar-refractivity contribution in [3.63, 3.8) is 0 Å². The fraction of sp³-hybridized carbons (Fsp3) is 0.296. The van der Waals surface area contributed by atoms with Crippen LogP contribution in [-0.4, -0.2) is 51.4 Å². The number of nitrogens with one attached hydrogen (secondary N) is 1. The number of anilines is 2. The molecule has 2 bridgehead atoms. The number of sulfone groups is 1. The van der Waals surface area contributed by atoms with Gasteiger partial charge in [0.1, 0.15) is 4.90 Å². The molecule has 3 aromatic rings. The van der Waals surface area contributed by atoms with Crippen molar-refractivity contribution < 1.29 is 13.2 Å². The first-order chi connectivity index (χ1) is 16.5. The third kappa shape index (κ3) is 3.60. The molecular formula is C27H27N3O3S. The number of piperidine rings is 1. The highest BCUT2D eigenvalue weighted by atomic mass is 32.2. The Bertz CT molecular complexity index is 1360. The van der Waals surface area contributed by atoms with Gasteiger partial charge in [-0.2, -0.15) is 0 Å². The van der Waals surface area contributed by atoms with Crippen LogP contribution in [0.5, 0.6) is 0 Å². The average Bonchev–Trinajstić information content (AvgIpc) is 3.03. The molecule has 3 fully saturated rings. The zero-order valence-corrected chi connectivity index (χ0v) is 19.7. The van der Waals surface area contributed by atoms with Gasteiger partial charge in [0.25, 0.3) is 0 Å². The van der Waals surface area contributed by atoms with Crippen molar-refractivity contribution in [3.05, 3.63) is 72.3 Å². The van der Waals surface area contributed by atoms with Crippen LogP contribution in [0.4, 0.5) is 11.4 Å². The number of amides is 1. The van der Waals surface area contributed by atoms with Crippen LogP contribution in [-0.2, 0) is 21.1 Å². The lowest BCUT2D eigenvalue weighted by molar-refractivity contribution is -0.115. The SMILES string of the molecule is O=C(Cc1ccccc1)Nc1cccc2c1S(=O)(=O)c1cc(N3CCN4CCC3CC4)ccc1-2. The summed E-state index contributed by atoms with van der Waals surface area (Å²) in [6.07, 6.45) is 2.42. The van der Waals surface area contributed by atoms with E-state index in [2.05, 4.69) is 21.2 Å². The third-order valence-corrected chi connectivity index (χ3v) is 9.19. The van der Waals surface area contributed by atoms with Gasteiger partial charge in [-0.3, -0.25) is 4.79 Å². The number of fused-ring (bicyclic) bond motifs is 7. The predicted octanol–water partition coefficient (Wildman–Crippen LogP) is 3.97. The van der Waals surface area contributed by atoms with Crippen LogP contribution in [0.3, 0.4) is 0 Å². The Labute approximate surface area is 200 Å². The highest BCUT2D eigenvalue weighted by molar-refractivity contribution is 7.92. The highest BCUT2D eigenvalue weighted by Crippen LogP contribution is 2.48. The van der Waals surface area contributed by atoms with Gasteiger partial charge in [-0.1, -0.05) is 48.5 Å². The van der Waals surface area contributed by atoms with Gasteiger partial charge in [0, 0.05) is 49.0 Å². The number of hydrogen-bond acceptors (Lipinski definition) is 5. The first kappa shape index (κ1) is 21.4. The van der Waals surface area contributed by atoms with E-state index in [0.717, 1.165) is 50.3 Å². The molecule has 3 saturated heterocycles. The third-order valence-electron chi connectivity index (χ3n) is 7.30. The van der Waals surface area contributed by atoms with Gasteiger partial charge in [0.2, 0.25) is 15.7 Å². The summed E-state index contributed by atoms with van der Waals surface area (Å²) in [5, 5.41) is 2.86. The molecule has 4 aliphatic heterocycles. The topological polar surface area (TPSA) is 69.7 Å². The first-order valence-electron chi connectivity index (χ1n) is 11.9. The zero-order chi connectivity index (χ0) is 23.3. The van der Waals surface area contributed by atoms with Crippen LogP contribution in [0.2, 0.25) is 0 Å². The van der Waals surface area contributed by atoms with Crippen molar-refractivity contribution >= 4 is 27.1 Å². The number of benzene rings is 3. The Balaban J connectivity index is 1.33. The summed E-state index contributed by atoms with van der Waals surface area (Å²) in [5.41, 5.74) is 3.56. The lowest BCUT2D eigenvalue weighted by Crippen LogP contribution is -2.37. The smallest absolute Gasteiger partial charge is 0.228 e. The average molecular weight is 474 g/mol. The molecule has 4 aliphatic rings. The van der Waals surface area contributed by atoms with E-state index in [9.17, 15) is 13.2 Å². The summed E-state index contributed by atoms with van der Waals surface area (Å²) in [6, 6.07) is 21.0. The van der Waals surface area contributed by atoms with Crippen molar-refractivity contribution in [3.8, 4) is 11.1 Å². The first-order valence-corrected chi connectivity index (χ1v) is 13.3. The van der Waals surface area contributed by atoms with Gasteiger partial charge in [-0.25, -0.2) is 8.42 Å². The van der Waals surface area contributed by atoms with E-state index >= 15 is 0 Å². The standard InChI is InChI=1S/C27H27N3O3S/c31-26(17-19-5-2-1-3-6-19)28-24-8-4-7-23-22-10-9-21(18-25(22)34(32,33)27(23)24)30-16-15-29-13-11-20(30)12-14-29/h1-10,18,20H,11-17H2,(H,28,31). The Hall–Kier alpha value is -3.16. The number of carbonyl (C=O) groups is 1. The molecule has 34 heavy (non-hydrogen) atoms. The van der Waals surface area contributed by atoms with Crippen LogP contribution in [0, 0.1) is 0 Å². The largest absolute Gasteiger partial charge is 0.367 e. The van der Waals surface area contributed by atoms with Crippen LogP contribution in [0.25, 0.3) is 11.1 Å². The van der Waals surface area contributed by atoms with E-state index in [1.54, 1.807) is 12.1 Å². The monoisotopic (exact) mass is 473 g/mol. The van der Waals surface area contributed by atoms with E-state index < -0.39 is 9.84 Å². The summed E-state index contributed by atoms with van der Waals surface area (Å²) < 4.78 is 27.4. The fourth-order valence-electron chi connectivity index (χ4n) is 5.58. The summed E-state index contributed by atoms with van der Waals surface area (Å²) in [4.78, 5) is 18.1. The number of nitrogens with zero attached hydrogens (tertiary/aromatic N) is 2. The van der Waals surface area contributed by atoms with Crippen LogP contribution >= 0.6 is 0 Å². The minimum Gasteiger partial charge on any atom is -0.367 e. The second-order valence-corrected chi connectivity index (χ2v) is 11.2. The second kappa shape index (κ2) is 8.25. The highest BCUT2D eigenvalue weighted by Gasteiger charge is 2.37. The van der Waals surface area contributed by atoms with Crippen molar-refractivity contribution in [1.82, 2.24) is 4.90 Å². The molecule has 7 rings (SSSR count). The molecule has 174 valence electrons. The maximum atomic E-state index is 13.7. The maximum Gasteiger partial charge on any atom is 0.228 e. The quantitative estimate of drug-likeness (QED) is 0.486. The van der Waals surface area contributed by atoms with Crippen LogP contribution < -0.4 is 10.2 Å². The molecule has 0 spiro atoms. The number of rotatable bonds is 4. The minimum atomic E-state index is -3.75. The van der Waals surface area contributed by atoms with Gasteiger partial charge in [0.05, 0.1) is 17.0 Å². The molecule has 0 unspecified atom stereocenters. The Kier molecular flexibility index (Phi) is 5.19. The molecule has 6 nitrogen and oxygen atoms in total. The van der Waals surface area contributed by atoms with Gasteiger partial charge in [-0.15, -0.1) is 0 Å². The maximum absolute atomic E-state index is 13.7. The van der Waals surface area contributed by atoms with Crippen molar-refractivity contribution in [2.24, 2.45) is 0 Å². The molecule has 0 aromatic heterocycles. The predicted molar refractivity (Wildman–Crippen MR) is 133 cm³/mol. The molecule has 7 heteroatoms. The van der Waals surface area contributed by atoms with Gasteiger partial charge < -0.3 is 15.1 Å². The normalized spacial score (nSPS) is 22.1. The number of carbonyl (C=O) groups excluding carboxylic acids is 1. The Morgan fingerprint density at radius 1 is 0.882 bits per heavy atom. The van der Waals surface area contributed by atoms with E-state index in [4.69, 9.17) is 0 Å². The molecule has 1 N–H and O–H groups in total. The van der Waals surface area contributed by atoms with E-state index in [1.807, 2.05) is 48.5 Å².